The lowest BCUT2D eigenvalue weighted by Crippen LogP contribution is -2.30. The highest BCUT2D eigenvalue weighted by Crippen LogP contribution is 2.38. The van der Waals surface area contributed by atoms with E-state index >= 15 is 0 Å². The predicted octanol–water partition coefficient (Wildman–Crippen LogP) is 3.60. The fourth-order valence-corrected chi connectivity index (χ4v) is 3.60. The molecule has 1 atom stereocenters. The summed E-state index contributed by atoms with van der Waals surface area (Å²) in [6.45, 7) is 0. The lowest BCUT2D eigenvalue weighted by Gasteiger charge is -2.33. The summed E-state index contributed by atoms with van der Waals surface area (Å²) in [4.78, 5) is 11.0. The zero-order valence-electron chi connectivity index (χ0n) is 11.1. The highest BCUT2D eigenvalue weighted by Gasteiger charge is 2.31. The van der Waals surface area contributed by atoms with Gasteiger partial charge in [-0.15, -0.1) is 0 Å². The van der Waals surface area contributed by atoms with Crippen LogP contribution in [-0.4, -0.2) is 18.1 Å². The first-order valence-electron chi connectivity index (χ1n) is 6.78. The van der Waals surface area contributed by atoms with E-state index in [4.69, 9.17) is 5.11 Å². The van der Waals surface area contributed by atoms with E-state index in [1.807, 2.05) is 19.2 Å². The van der Waals surface area contributed by atoms with Crippen molar-refractivity contribution < 1.29 is 9.90 Å². The Labute approximate surface area is 122 Å². The number of aliphatic carboxylic acids is 1. The maximum atomic E-state index is 11.0. The van der Waals surface area contributed by atoms with Gasteiger partial charge in [-0.2, -0.15) is 0 Å². The average molecular weight is 326 g/mol. The fraction of sp³-hybridized carbons (Fsp3) is 0.533. The Bertz CT molecular complexity index is 442. The normalized spacial score (nSPS) is 24.9. The lowest BCUT2D eigenvalue weighted by atomic mass is 9.77. The molecule has 0 aromatic heterocycles. The van der Waals surface area contributed by atoms with Crippen molar-refractivity contribution in [1.29, 1.82) is 0 Å². The van der Waals surface area contributed by atoms with E-state index in [2.05, 4.69) is 33.4 Å². The zero-order valence-corrected chi connectivity index (χ0v) is 12.7. The molecule has 0 spiro atoms. The summed E-state index contributed by atoms with van der Waals surface area (Å²) in [5.74, 6) is -0.271. The quantitative estimate of drug-likeness (QED) is 0.889. The Balaban J connectivity index is 2.08. The van der Waals surface area contributed by atoms with Crippen molar-refractivity contribution in [2.45, 2.75) is 31.7 Å². The maximum absolute atomic E-state index is 11.0. The van der Waals surface area contributed by atoms with Gasteiger partial charge in [-0.3, -0.25) is 4.79 Å². The number of carbonyl (C=O) groups is 1. The molecule has 0 saturated heterocycles. The molecule has 1 aliphatic carbocycles. The fourth-order valence-electron chi connectivity index (χ4n) is 3.07. The van der Waals surface area contributed by atoms with Gasteiger partial charge in [-0.25, -0.2) is 0 Å². The van der Waals surface area contributed by atoms with Crippen molar-refractivity contribution in [3.05, 3.63) is 34.3 Å². The molecule has 2 rings (SSSR count). The number of hydrogen-bond acceptors (Lipinski definition) is 2. The second-order valence-corrected chi connectivity index (χ2v) is 6.09. The monoisotopic (exact) mass is 325 g/mol. The maximum Gasteiger partial charge on any atom is 0.306 e. The number of nitrogens with one attached hydrogen (secondary N) is 1. The van der Waals surface area contributed by atoms with Crippen LogP contribution in [0.25, 0.3) is 0 Å². The molecule has 2 N–H and O–H groups in total. The third-order valence-electron chi connectivity index (χ3n) is 4.14. The number of rotatable bonds is 4. The largest absolute Gasteiger partial charge is 0.481 e. The topological polar surface area (TPSA) is 49.3 Å². The second kappa shape index (κ2) is 6.53. The highest BCUT2D eigenvalue weighted by molar-refractivity contribution is 9.10. The van der Waals surface area contributed by atoms with Gasteiger partial charge < -0.3 is 10.4 Å². The second-order valence-electron chi connectivity index (χ2n) is 5.24. The molecule has 1 fully saturated rings. The van der Waals surface area contributed by atoms with E-state index in [0.717, 1.165) is 30.2 Å². The lowest BCUT2D eigenvalue weighted by molar-refractivity contribution is -0.143. The number of carboxylic acid groups (broad SMARTS) is 1. The summed E-state index contributed by atoms with van der Waals surface area (Å²) in [7, 11) is 1.98. The highest BCUT2D eigenvalue weighted by atomic mass is 79.9. The Morgan fingerprint density at radius 3 is 2.47 bits per heavy atom. The number of hydrogen-bond donors (Lipinski definition) is 2. The van der Waals surface area contributed by atoms with E-state index in [0.29, 0.717) is 12.0 Å². The van der Waals surface area contributed by atoms with E-state index < -0.39 is 5.97 Å². The minimum atomic E-state index is -0.639. The van der Waals surface area contributed by atoms with Gasteiger partial charge in [-0.1, -0.05) is 34.1 Å². The van der Waals surface area contributed by atoms with Gasteiger partial charge >= 0.3 is 5.97 Å². The molecule has 19 heavy (non-hydrogen) atoms. The zero-order chi connectivity index (χ0) is 13.8. The van der Waals surface area contributed by atoms with Crippen LogP contribution in [0.4, 0.5) is 0 Å². The first kappa shape index (κ1) is 14.5. The summed E-state index contributed by atoms with van der Waals surface area (Å²) >= 11 is 3.61. The molecule has 1 aromatic rings. The number of carboxylic acids is 1. The molecule has 0 amide bonds. The van der Waals surface area contributed by atoms with Crippen molar-refractivity contribution >= 4 is 21.9 Å². The van der Waals surface area contributed by atoms with Gasteiger partial charge in [0.2, 0.25) is 0 Å². The predicted molar refractivity (Wildman–Crippen MR) is 79.0 cm³/mol. The molecular weight excluding hydrogens is 306 g/mol. The summed E-state index contributed by atoms with van der Waals surface area (Å²) < 4.78 is 1.12. The van der Waals surface area contributed by atoms with Crippen LogP contribution in [-0.2, 0) is 4.79 Å². The van der Waals surface area contributed by atoms with Gasteiger partial charge in [0.1, 0.15) is 0 Å². The van der Waals surface area contributed by atoms with E-state index in [-0.39, 0.29) is 5.92 Å². The van der Waals surface area contributed by atoms with Gasteiger partial charge in [0.05, 0.1) is 5.92 Å². The molecule has 104 valence electrons. The minimum Gasteiger partial charge on any atom is -0.481 e. The van der Waals surface area contributed by atoms with E-state index in [9.17, 15) is 4.79 Å². The van der Waals surface area contributed by atoms with Crippen LogP contribution in [0.2, 0.25) is 0 Å². The molecule has 3 nitrogen and oxygen atoms in total. The molecule has 1 saturated carbocycles. The Morgan fingerprint density at radius 2 is 1.95 bits per heavy atom. The molecule has 0 radical (unpaired) electrons. The van der Waals surface area contributed by atoms with Gasteiger partial charge in [0, 0.05) is 10.5 Å². The van der Waals surface area contributed by atoms with Gasteiger partial charge in [-0.05, 0) is 50.3 Å². The summed E-state index contributed by atoms with van der Waals surface area (Å²) in [6, 6.07) is 8.55. The first-order valence-corrected chi connectivity index (χ1v) is 7.57. The molecule has 1 aliphatic rings. The third kappa shape index (κ3) is 3.37. The van der Waals surface area contributed by atoms with Crippen LogP contribution >= 0.6 is 15.9 Å². The molecule has 0 aliphatic heterocycles. The Hall–Kier alpha value is -0.870. The molecule has 0 bridgehead atoms. The van der Waals surface area contributed by atoms with Crippen molar-refractivity contribution in [3.63, 3.8) is 0 Å². The van der Waals surface area contributed by atoms with Crippen LogP contribution in [0.1, 0.15) is 37.3 Å². The van der Waals surface area contributed by atoms with Crippen molar-refractivity contribution in [2.24, 2.45) is 11.8 Å². The summed E-state index contributed by atoms with van der Waals surface area (Å²) in [6.07, 6.45) is 3.54. The van der Waals surface area contributed by atoms with Crippen LogP contribution in [0.3, 0.4) is 0 Å². The van der Waals surface area contributed by atoms with Crippen molar-refractivity contribution in [3.8, 4) is 0 Å². The smallest absolute Gasteiger partial charge is 0.306 e. The minimum absolute atomic E-state index is 0.145. The van der Waals surface area contributed by atoms with Crippen LogP contribution in [0, 0.1) is 11.8 Å². The first-order chi connectivity index (χ1) is 9.13. The molecular formula is C15H20BrNO2. The summed E-state index contributed by atoms with van der Waals surface area (Å²) in [5.41, 5.74) is 1.27. The van der Waals surface area contributed by atoms with E-state index in [1.54, 1.807) is 0 Å². The van der Waals surface area contributed by atoms with Gasteiger partial charge in [0.25, 0.3) is 0 Å². The molecule has 1 aromatic carbocycles. The average Bonchev–Trinajstić information content (AvgIpc) is 2.42. The van der Waals surface area contributed by atoms with Gasteiger partial charge in [0.15, 0.2) is 0 Å². The number of halogens is 1. The Kier molecular flexibility index (Phi) is 4.99. The third-order valence-corrected chi connectivity index (χ3v) is 4.87. The van der Waals surface area contributed by atoms with Crippen LogP contribution in [0.5, 0.6) is 0 Å². The summed E-state index contributed by atoms with van der Waals surface area (Å²) in [5, 5.41) is 12.5. The Morgan fingerprint density at radius 1 is 1.32 bits per heavy atom. The van der Waals surface area contributed by atoms with Crippen molar-refractivity contribution in [1.82, 2.24) is 5.32 Å². The van der Waals surface area contributed by atoms with E-state index in [1.165, 1.54) is 5.56 Å². The number of benzene rings is 1. The molecule has 1 unspecified atom stereocenters. The molecule has 4 heteroatoms. The SMILES string of the molecule is CNC(c1ccccc1Br)C1CCC(C(=O)O)CC1. The standard InChI is InChI=1S/C15H20BrNO2/c1-17-14(12-4-2-3-5-13(12)16)10-6-8-11(9-7-10)15(18)19/h2-5,10-11,14,17H,6-9H2,1H3,(H,18,19). The van der Waals surface area contributed by atoms with Crippen LogP contribution < -0.4 is 5.32 Å². The molecule has 0 heterocycles. The van der Waals surface area contributed by atoms with Crippen molar-refractivity contribution in [2.75, 3.05) is 7.05 Å². The van der Waals surface area contributed by atoms with Crippen LogP contribution in [0.15, 0.2) is 28.7 Å².